The zero-order chi connectivity index (χ0) is 18.0. The van der Waals surface area contributed by atoms with Crippen molar-refractivity contribution in [3.63, 3.8) is 0 Å². The van der Waals surface area contributed by atoms with E-state index in [0.717, 1.165) is 5.39 Å². The molecule has 2 aromatic heterocycles. The van der Waals surface area contributed by atoms with Crippen LogP contribution in [-0.2, 0) is 0 Å². The lowest BCUT2D eigenvalue weighted by atomic mass is 10.2. The summed E-state index contributed by atoms with van der Waals surface area (Å²) in [6.07, 6.45) is 0. The molecule has 2 heterocycles. The third-order valence-electron chi connectivity index (χ3n) is 3.78. The van der Waals surface area contributed by atoms with Gasteiger partial charge in [0, 0.05) is 5.39 Å². The number of para-hydroxylation sites is 1. The van der Waals surface area contributed by atoms with Gasteiger partial charge in [0.05, 0.1) is 22.4 Å². The molecule has 0 aliphatic carbocycles. The third-order valence-corrected chi connectivity index (χ3v) is 4.96. The number of benzene rings is 1. The molecule has 0 aliphatic rings. The quantitative estimate of drug-likeness (QED) is 0.655. The molecule has 1 N–H and O–H groups in total. The van der Waals surface area contributed by atoms with E-state index in [4.69, 9.17) is 9.15 Å². The van der Waals surface area contributed by atoms with Gasteiger partial charge in [-0.3, -0.25) is 9.59 Å². The van der Waals surface area contributed by atoms with Crippen LogP contribution >= 0.6 is 11.3 Å². The standard InChI is InChI=1S/C19H19NO4S/c1-4-23-14-7-5-6-13-10-15(24-18(13)14)11(2)20-19(22)17-9-8-16(25-17)12(3)21/h5-11H,4H2,1-3H3,(H,20,22)/t11-/m0/s1. The monoisotopic (exact) mass is 357 g/mol. The Morgan fingerprint density at radius 3 is 2.68 bits per heavy atom. The molecule has 1 aromatic carbocycles. The molecule has 0 aliphatic heterocycles. The minimum atomic E-state index is -0.308. The van der Waals surface area contributed by atoms with Gasteiger partial charge in [-0.1, -0.05) is 12.1 Å². The van der Waals surface area contributed by atoms with E-state index in [1.54, 1.807) is 12.1 Å². The average Bonchev–Trinajstić information content (AvgIpc) is 3.23. The third kappa shape index (κ3) is 3.58. The summed E-state index contributed by atoms with van der Waals surface area (Å²) in [6, 6.07) is 10.6. The fourth-order valence-corrected chi connectivity index (χ4v) is 3.33. The molecule has 0 saturated carbocycles. The highest BCUT2D eigenvalue weighted by atomic mass is 32.1. The van der Waals surface area contributed by atoms with Crippen LogP contribution in [-0.4, -0.2) is 18.3 Å². The number of hydrogen-bond acceptors (Lipinski definition) is 5. The van der Waals surface area contributed by atoms with Gasteiger partial charge in [0.1, 0.15) is 5.76 Å². The number of rotatable bonds is 6. The number of carbonyl (C=O) groups is 2. The lowest BCUT2D eigenvalue weighted by Gasteiger charge is -2.10. The fraction of sp³-hybridized carbons (Fsp3) is 0.263. The van der Waals surface area contributed by atoms with Crippen LogP contribution in [0.3, 0.4) is 0 Å². The molecular weight excluding hydrogens is 338 g/mol. The maximum Gasteiger partial charge on any atom is 0.261 e. The molecule has 130 valence electrons. The highest BCUT2D eigenvalue weighted by molar-refractivity contribution is 7.15. The second-order valence-corrected chi connectivity index (χ2v) is 6.76. The normalized spacial score (nSPS) is 12.1. The van der Waals surface area contributed by atoms with Gasteiger partial charge in [-0.25, -0.2) is 0 Å². The zero-order valence-electron chi connectivity index (χ0n) is 14.3. The van der Waals surface area contributed by atoms with E-state index in [9.17, 15) is 9.59 Å². The van der Waals surface area contributed by atoms with Crippen LogP contribution in [0, 0.1) is 0 Å². The molecule has 3 aromatic rings. The number of ether oxygens (including phenoxy) is 1. The van der Waals surface area contributed by atoms with Gasteiger partial charge in [0.25, 0.3) is 5.91 Å². The number of ketones is 1. The molecule has 0 fully saturated rings. The van der Waals surface area contributed by atoms with Crippen molar-refractivity contribution in [2.75, 3.05) is 6.61 Å². The maximum absolute atomic E-state index is 12.4. The fourth-order valence-electron chi connectivity index (χ4n) is 2.53. The molecule has 1 amide bonds. The predicted molar refractivity (Wildman–Crippen MR) is 97.6 cm³/mol. The van der Waals surface area contributed by atoms with Crippen LogP contribution in [0.1, 0.15) is 51.9 Å². The molecule has 1 atom stereocenters. The van der Waals surface area contributed by atoms with Crippen molar-refractivity contribution in [2.24, 2.45) is 0 Å². The molecule has 0 radical (unpaired) electrons. The van der Waals surface area contributed by atoms with E-state index in [1.807, 2.05) is 38.1 Å². The summed E-state index contributed by atoms with van der Waals surface area (Å²) < 4.78 is 11.5. The number of hydrogen-bond donors (Lipinski definition) is 1. The Bertz CT molecular complexity index is 925. The van der Waals surface area contributed by atoms with Gasteiger partial charge >= 0.3 is 0 Å². The summed E-state index contributed by atoms with van der Waals surface area (Å²) in [5, 5.41) is 3.83. The van der Waals surface area contributed by atoms with Crippen molar-refractivity contribution < 1.29 is 18.7 Å². The molecule has 5 nitrogen and oxygen atoms in total. The summed E-state index contributed by atoms with van der Waals surface area (Å²) in [4.78, 5) is 24.8. The first kappa shape index (κ1) is 17.2. The van der Waals surface area contributed by atoms with Crippen LogP contribution in [0.4, 0.5) is 0 Å². The van der Waals surface area contributed by atoms with Crippen LogP contribution in [0.15, 0.2) is 40.8 Å². The van der Waals surface area contributed by atoms with Gasteiger partial charge in [-0.05, 0) is 45.0 Å². The van der Waals surface area contributed by atoms with Gasteiger partial charge < -0.3 is 14.5 Å². The zero-order valence-corrected chi connectivity index (χ0v) is 15.1. The first-order valence-corrected chi connectivity index (χ1v) is 8.88. The number of furan rings is 1. The Labute approximate surface area is 149 Å². The number of thiophene rings is 1. The van der Waals surface area contributed by atoms with Crippen molar-refractivity contribution in [3.05, 3.63) is 51.9 Å². The van der Waals surface area contributed by atoms with Crippen LogP contribution in [0.2, 0.25) is 0 Å². The van der Waals surface area contributed by atoms with Crippen molar-refractivity contribution in [2.45, 2.75) is 26.8 Å². The Hall–Kier alpha value is -2.60. The van der Waals surface area contributed by atoms with Crippen molar-refractivity contribution in [3.8, 4) is 5.75 Å². The number of fused-ring (bicyclic) bond motifs is 1. The lowest BCUT2D eigenvalue weighted by Crippen LogP contribution is -2.25. The smallest absolute Gasteiger partial charge is 0.261 e. The van der Waals surface area contributed by atoms with E-state index >= 15 is 0 Å². The van der Waals surface area contributed by atoms with Gasteiger partial charge in [-0.2, -0.15) is 0 Å². The van der Waals surface area contributed by atoms with Crippen LogP contribution in [0.5, 0.6) is 5.75 Å². The molecule has 0 spiro atoms. The molecule has 0 saturated heterocycles. The van der Waals surface area contributed by atoms with Crippen LogP contribution < -0.4 is 10.1 Å². The minimum Gasteiger partial charge on any atom is -0.490 e. The maximum atomic E-state index is 12.4. The summed E-state index contributed by atoms with van der Waals surface area (Å²) in [5.74, 6) is 1.07. The summed E-state index contributed by atoms with van der Waals surface area (Å²) in [5.41, 5.74) is 0.676. The number of amides is 1. The van der Waals surface area contributed by atoms with Gasteiger partial charge in [0.15, 0.2) is 17.1 Å². The SMILES string of the molecule is CCOc1cccc2cc([C@H](C)NC(=O)c3ccc(C(C)=O)s3)oc12. The number of nitrogens with one attached hydrogen (secondary N) is 1. The average molecular weight is 357 g/mol. The van der Waals surface area contributed by atoms with E-state index in [1.165, 1.54) is 18.3 Å². The molecule has 25 heavy (non-hydrogen) atoms. The predicted octanol–water partition coefficient (Wildman–Crippen LogP) is 4.59. The Morgan fingerprint density at radius 2 is 2.00 bits per heavy atom. The van der Waals surface area contributed by atoms with E-state index in [-0.39, 0.29) is 17.7 Å². The lowest BCUT2D eigenvalue weighted by molar-refractivity contribution is 0.0939. The summed E-state index contributed by atoms with van der Waals surface area (Å²) in [7, 11) is 0. The van der Waals surface area contributed by atoms with Gasteiger partial charge in [-0.15, -0.1) is 11.3 Å². The topological polar surface area (TPSA) is 68.5 Å². The molecule has 0 bridgehead atoms. The summed E-state index contributed by atoms with van der Waals surface area (Å²) in [6.45, 7) is 5.82. The van der Waals surface area contributed by atoms with Crippen molar-refractivity contribution in [1.82, 2.24) is 5.32 Å². The number of Topliss-reactive ketones (excluding diaryl/α,β-unsaturated/α-hetero) is 1. The molecular formula is C19H19NO4S. The number of carbonyl (C=O) groups excluding carboxylic acids is 2. The van der Waals surface area contributed by atoms with Crippen LogP contribution in [0.25, 0.3) is 11.0 Å². The van der Waals surface area contributed by atoms with Gasteiger partial charge in [0.2, 0.25) is 0 Å². The second kappa shape index (κ2) is 7.11. The summed E-state index contributed by atoms with van der Waals surface area (Å²) >= 11 is 1.19. The molecule has 0 unspecified atom stereocenters. The molecule has 6 heteroatoms. The molecule has 3 rings (SSSR count). The minimum absolute atomic E-state index is 0.0437. The van der Waals surface area contributed by atoms with E-state index in [2.05, 4.69) is 5.32 Å². The van der Waals surface area contributed by atoms with E-state index in [0.29, 0.717) is 33.5 Å². The Balaban J connectivity index is 1.79. The highest BCUT2D eigenvalue weighted by Crippen LogP contribution is 2.31. The second-order valence-electron chi connectivity index (χ2n) is 5.67. The first-order chi connectivity index (χ1) is 12.0. The Morgan fingerprint density at radius 1 is 1.24 bits per heavy atom. The highest BCUT2D eigenvalue weighted by Gasteiger charge is 2.18. The first-order valence-electron chi connectivity index (χ1n) is 8.06. The van der Waals surface area contributed by atoms with Crippen molar-refractivity contribution in [1.29, 1.82) is 0 Å². The van der Waals surface area contributed by atoms with E-state index < -0.39 is 0 Å². The largest absolute Gasteiger partial charge is 0.490 e. The van der Waals surface area contributed by atoms with Crippen molar-refractivity contribution >= 4 is 34.0 Å². The Kier molecular flexibility index (Phi) is 4.90.